The van der Waals surface area contributed by atoms with E-state index in [1.807, 2.05) is 0 Å². The summed E-state index contributed by atoms with van der Waals surface area (Å²) in [6, 6.07) is 6.83. The van der Waals surface area contributed by atoms with Crippen LogP contribution in [0.5, 0.6) is 0 Å². The molecule has 1 N–H and O–H groups in total. The van der Waals surface area contributed by atoms with E-state index in [9.17, 15) is 9.90 Å². The van der Waals surface area contributed by atoms with Gasteiger partial charge in [-0.05, 0) is 17.7 Å². The summed E-state index contributed by atoms with van der Waals surface area (Å²) in [5.74, 6) is 0. The van der Waals surface area contributed by atoms with Crippen LogP contribution in [0.3, 0.4) is 0 Å². The second-order valence-corrected chi connectivity index (χ2v) is 4.33. The van der Waals surface area contributed by atoms with Crippen LogP contribution in [0, 0.1) is 5.41 Å². The molecule has 1 rings (SSSR count). The Hall–Kier alpha value is -0.860. The number of halogens is 1. The summed E-state index contributed by atoms with van der Waals surface area (Å²) in [6.07, 6.45) is -0.0380. The van der Waals surface area contributed by atoms with Crippen molar-refractivity contribution in [2.75, 3.05) is 0 Å². The Morgan fingerprint density at radius 2 is 1.86 bits per heavy atom. The van der Waals surface area contributed by atoms with Gasteiger partial charge < -0.3 is 9.90 Å². The van der Waals surface area contributed by atoms with Crippen LogP contribution in [0.1, 0.15) is 25.5 Å². The number of hydrogen-bond acceptors (Lipinski definition) is 2. The molecule has 76 valence electrons. The number of aliphatic hydroxyl groups is 1. The normalized spacial score (nSPS) is 13.7. The lowest BCUT2D eigenvalue weighted by Crippen LogP contribution is -2.23. The average Bonchev–Trinajstić information content (AvgIpc) is 2.18. The molecule has 0 aliphatic heterocycles. The SMILES string of the molecule is CC(C)(C=O)C(O)c1ccc(Cl)cc1. The van der Waals surface area contributed by atoms with Gasteiger partial charge in [-0.15, -0.1) is 0 Å². The van der Waals surface area contributed by atoms with Crippen molar-refractivity contribution in [3.8, 4) is 0 Å². The fraction of sp³-hybridized carbons (Fsp3) is 0.364. The van der Waals surface area contributed by atoms with Gasteiger partial charge in [-0.25, -0.2) is 0 Å². The molecule has 14 heavy (non-hydrogen) atoms. The van der Waals surface area contributed by atoms with Crippen LogP contribution in [0.4, 0.5) is 0 Å². The van der Waals surface area contributed by atoms with Gasteiger partial charge in [-0.1, -0.05) is 37.6 Å². The van der Waals surface area contributed by atoms with Gasteiger partial charge >= 0.3 is 0 Å². The summed E-state index contributed by atoms with van der Waals surface area (Å²) in [6.45, 7) is 3.39. The third-order valence-electron chi connectivity index (χ3n) is 2.19. The Labute approximate surface area is 88.5 Å². The lowest BCUT2D eigenvalue weighted by Gasteiger charge is -2.24. The summed E-state index contributed by atoms with van der Waals surface area (Å²) >= 11 is 5.71. The highest BCUT2D eigenvalue weighted by atomic mass is 35.5. The zero-order valence-corrected chi connectivity index (χ0v) is 8.95. The number of aliphatic hydroxyl groups excluding tert-OH is 1. The Morgan fingerprint density at radius 1 is 1.36 bits per heavy atom. The molecular weight excluding hydrogens is 200 g/mol. The predicted molar refractivity (Wildman–Crippen MR) is 56.3 cm³/mol. The fourth-order valence-corrected chi connectivity index (χ4v) is 1.27. The van der Waals surface area contributed by atoms with Gasteiger partial charge in [0.25, 0.3) is 0 Å². The maximum Gasteiger partial charge on any atom is 0.128 e. The summed E-state index contributed by atoms with van der Waals surface area (Å²) < 4.78 is 0. The van der Waals surface area contributed by atoms with E-state index in [2.05, 4.69) is 0 Å². The highest BCUT2D eigenvalue weighted by Gasteiger charge is 2.28. The number of benzene rings is 1. The molecule has 0 saturated heterocycles. The van der Waals surface area contributed by atoms with Gasteiger partial charge in [0.1, 0.15) is 6.29 Å². The van der Waals surface area contributed by atoms with Crippen molar-refractivity contribution in [2.45, 2.75) is 20.0 Å². The molecule has 0 amide bonds. The highest BCUT2D eigenvalue weighted by Crippen LogP contribution is 2.31. The maximum atomic E-state index is 10.7. The number of carbonyl (C=O) groups is 1. The van der Waals surface area contributed by atoms with E-state index in [1.165, 1.54) is 0 Å². The first-order valence-corrected chi connectivity index (χ1v) is 4.75. The number of rotatable bonds is 3. The summed E-state index contributed by atoms with van der Waals surface area (Å²) in [5.41, 5.74) is -0.0695. The Kier molecular flexibility index (Phi) is 3.29. The molecule has 0 aromatic heterocycles. The molecule has 0 aliphatic rings. The molecule has 1 unspecified atom stereocenters. The van der Waals surface area contributed by atoms with E-state index < -0.39 is 11.5 Å². The zero-order chi connectivity index (χ0) is 10.8. The third kappa shape index (κ3) is 2.34. The first kappa shape index (κ1) is 11.2. The van der Waals surface area contributed by atoms with Crippen molar-refractivity contribution in [1.82, 2.24) is 0 Å². The minimum Gasteiger partial charge on any atom is -0.387 e. The lowest BCUT2D eigenvalue weighted by molar-refractivity contribution is -0.120. The second kappa shape index (κ2) is 4.11. The van der Waals surface area contributed by atoms with Crippen LogP contribution in [0.15, 0.2) is 24.3 Å². The molecule has 2 nitrogen and oxygen atoms in total. The minimum atomic E-state index is -0.794. The molecule has 0 aliphatic carbocycles. The molecular formula is C11H13ClO2. The van der Waals surface area contributed by atoms with Crippen LogP contribution in [-0.2, 0) is 4.79 Å². The third-order valence-corrected chi connectivity index (χ3v) is 2.45. The fourth-order valence-electron chi connectivity index (χ4n) is 1.14. The molecule has 0 spiro atoms. The van der Waals surface area contributed by atoms with E-state index in [0.717, 1.165) is 6.29 Å². The Morgan fingerprint density at radius 3 is 2.29 bits per heavy atom. The smallest absolute Gasteiger partial charge is 0.128 e. The predicted octanol–water partition coefficient (Wildman–Crippen LogP) is 2.60. The molecule has 0 bridgehead atoms. The maximum absolute atomic E-state index is 10.7. The van der Waals surface area contributed by atoms with Gasteiger partial charge in [-0.3, -0.25) is 0 Å². The standard InChI is InChI=1S/C11H13ClO2/c1-11(2,7-13)10(14)8-3-5-9(12)6-4-8/h3-7,10,14H,1-2H3. The molecule has 0 saturated carbocycles. The highest BCUT2D eigenvalue weighted by molar-refractivity contribution is 6.30. The van der Waals surface area contributed by atoms with Gasteiger partial charge in [0.2, 0.25) is 0 Å². The largest absolute Gasteiger partial charge is 0.387 e. The first-order valence-electron chi connectivity index (χ1n) is 4.37. The minimum absolute atomic E-state index is 0.616. The van der Waals surface area contributed by atoms with Crippen molar-refractivity contribution < 1.29 is 9.90 Å². The van der Waals surface area contributed by atoms with Gasteiger partial charge in [0.05, 0.1) is 11.5 Å². The Bertz CT molecular complexity index is 317. The monoisotopic (exact) mass is 212 g/mol. The van der Waals surface area contributed by atoms with Crippen molar-refractivity contribution in [3.63, 3.8) is 0 Å². The molecule has 3 heteroatoms. The average molecular weight is 213 g/mol. The summed E-state index contributed by atoms with van der Waals surface area (Å²) in [7, 11) is 0. The Balaban J connectivity index is 2.95. The van der Waals surface area contributed by atoms with Crippen LogP contribution in [0.2, 0.25) is 5.02 Å². The van der Waals surface area contributed by atoms with Crippen LogP contribution in [-0.4, -0.2) is 11.4 Å². The summed E-state index contributed by atoms with van der Waals surface area (Å²) in [5, 5.41) is 10.5. The molecule has 0 radical (unpaired) electrons. The molecule has 1 aromatic carbocycles. The number of aldehydes is 1. The molecule has 0 heterocycles. The van der Waals surface area contributed by atoms with E-state index in [4.69, 9.17) is 11.6 Å². The van der Waals surface area contributed by atoms with Crippen LogP contribution in [0.25, 0.3) is 0 Å². The van der Waals surface area contributed by atoms with Crippen molar-refractivity contribution >= 4 is 17.9 Å². The van der Waals surface area contributed by atoms with Crippen molar-refractivity contribution in [1.29, 1.82) is 0 Å². The molecule has 1 atom stereocenters. The molecule has 1 aromatic rings. The van der Waals surface area contributed by atoms with Gasteiger partial charge in [-0.2, -0.15) is 0 Å². The van der Waals surface area contributed by atoms with Crippen molar-refractivity contribution in [2.24, 2.45) is 5.41 Å². The van der Waals surface area contributed by atoms with E-state index in [1.54, 1.807) is 38.1 Å². The molecule has 0 fully saturated rings. The quantitative estimate of drug-likeness (QED) is 0.783. The second-order valence-electron chi connectivity index (χ2n) is 3.89. The first-order chi connectivity index (χ1) is 6.47. The van der Waals surface area contributed by atoms with Crippen LogP contribution >= 0.6 is 11.6 Å². The van der Waals surface area contributed by atoms with E-state index in [0.29, 0.717) is 10.6 Å². The number of hydrogen-bond donors (Lipinski definition) is 1. The summed E-state index contributed by atoms with van der Waals surface area (Å²) in [4.78, 5) is 10.7. The van der Waals surface area contributed by atoms with Gasteiger partial charge in [0, 0.05) is 5.02 Å². The number of carbonyl (C=O) groups excluding carboxylic acids is 1. The zero-order valence-electron chi connectivity index (χ0n) is 8.20. The van der Waals surface area contributed by atoms with Gasteiger partial charge in [0.15, 0.2) is 0 Å². The lowest BCUT2D eigenvalue weighted by atomic mass is 9.84. The van der Waals surface area contributed by atoms with Crippen LogP contribution < -0.4 is 0 Å². The van der Waals surface area contributed by atoms with Crippen molar-refractivity contribution in [3.05, 3.63) is 34.9 Å². The topological polar surface area (TPSA) is 37.3 Å². The van der Waals surface area contributed by atoms with E-state index >= 15 is 0 Å². The van der Waals surface area contributed by atoms with E-state index in [-0.39, 0.29) is 0 Å².